The summed E-state index contributed by atoms with van der Waals surface area (Å²) >= 11 is 0. The largest absolute Gasteiger partial charge is 0.302 e. The first-order valence-electron chi connectivity index (χ1n) is 5.63. The molecule has 1 rings (SSSR count). The van der Waals surface area contributed by atoms with Crippen LogP contribution in [0.3, 0.4) is 0 Å². The van der Waals surface area contributed by atoms with E-state index < -0.39 is 0 Å². The minimum absolute atomic E-state index is 0.383. The number of carbonyl (C=O) groups is 1. The highest BCUT2D eigenvalue weighted by Crippen LogP contribution is 2.39. The van der Waals surface area contributed by atoms with Crippen molar-refractivity contribution in [3.05, 3.63) is 0 Å². The molecular formula is C11H21NOS2. The number of hydrogen-bond acceptors (Lipinski definition) is 4. The van der Waals surface area contributed by atoms with Crippen LogP contribution in [-0.4, -0.2) is 42.3 Å². The Bertz CT molecular complexity index is 191. The fourth-order valence-corrected chi connectivity index (χ4v) is 4.72. The van der Waals surface area contributed by atoms with Gasteiger partial charge < -0.3 is 4.90 Å². The number of nitrogens with zero attached hydrogens (tertiary/aromatic N) is 1. The molecule has 0 aromatic rings. The second-order valence-electron chi connectivity index (χ2n) is 4.35. The zero-order valence-corrected chi connectivity index (χ0v) is 11.3. The molecule has 15 heavy (non-hydrogen) atoms. The molecule has 1 unspecified atom stereocenters. The Labute approximate surface area is 101 Å². The number of rotatable bonds is 7. The van der Waals surface area contributed by atoms with E-state index in [2.05, 4.69) is 0 Å². The van der Waals surface area contributed by atoms with Crippen molar-refractivity contribution in [1.82, 2.24) is 4.90 Å². The van der Waals surface area contributed by atoms with Crippen LogP contribution in [0.5, 0.6) is 0 Å². The molecular weight excluding hydrogens is 226 g/mol. The fraction of sp³-hybridized carbons (Fsp3) is 0.909. The monoisotopic (exact) mass is 247 g/mol. The molecule has 0 saturated carbocycles. The van der Waals surface area contributed by atoms with Gasteiger partial charge in [-0.1, -0.05) is 28.0 Å². The number of carbonyl (C=O) groups excluding carboxylic acids is 1. The minimum Gasteiger partial charge on any atom is -0.302 e. The second-order valence-corrected chi connectivity index (χ2v) is 7.14. The average Bonchev–Trinajstić information content (AvgIpc) is 2.63. The number of ketones is 1. The van der Waals surface area contributed by atoms with Crippen LogP contribution < -0.4 is 0 Å². The lowest BCUT2D eigenvalue weighted by Gasteiger charge is -2.09. The molecule has 0 spiro atoms. The van der Waals surface area contributed by atoms with Gasteiger partial charge in [-0.2, -0.15) is 0 Å². The smallest absolute Gasteiger partial charge is 0.146 e. The highest BCUT2D eigenvalue weighted by Gasteiger charge is 2.15. The van der Waals surface area contributed by atoms with E-state index in [0.29, 0.717) is 12.3 Å². The lowest BCUT2D eigenvalue weighted by atomic mass is 10.1. The Hall–Kier alpha value is 0.330. The molecule has 1 fully saturated rings. The van der Waals surface area contributed by atoms with Crippen molar-refractivity contribution in [3.8, 4) is 0 Å². The number of likely N-dealkylation sites (N-methyl/N-ethyl adjacent to an activating group) is 1. The standard InChI is InChI=1S/C11H21NOS2/c1-12(2)9-10(13)5-3-4-6-11-7-8-14-15-11/h11H,3-9H2,1-2H3. The summed E-state index contributed by atoms with van der Waals surface area (Å²) in [6.07, 6.45) is 5.72. The SMILES string of the molecule is CN(C)CC(=O)CCCCC1CCSS1. The van der Waals surface area contributed by atoms with Gasteiger partial charge in [0, 0.05) is 17.4 Å². The van der Waals surface area contributed by atoms with E-state index >= 15 is 0 Å². The predicted molar refractivity (Wildman–Crippen MR) is 70.5 cm³/mol. The summed E-state index contributed by atoms with van der Waals surface area (Å²) in [6.45, 7) is 0.605. The number of Topliss-reactive ketones (excluding diaryl/α,β-unsaturated/α-hetero) is 1. The zero-order valence-electron chi connectivity index (χ0n) is 9.70. The van der Waals surface area contributed by atoms with Crippen LogP contribution in [0, 0.1) is 0 Å². The van der Waals surface area contributed by atoms with Crippen LogP contribution in [0.2, 0.25) is 0 Å². The van der Waals surface area contributed by atoms with Crippen LogP contribution in [0.4, 0.5) is 0 Å². The van der Waals surface area contributed by atoms with Crippen molar-refractivity contribution in [2.24, 2.45) is 0 Å². The van der Waals surface area contributed by atoms with E-state index in [4.69, 9.17) is 0 Å². The fourth-order valence-electron chi connectivity index (χ4n) is 1.69. The van der Waals surface area contributed by atoms with Crippen LogP contribution in [-0.2, 0) is 4.79 Å². The summed E-state index contributed by atoms with van der Waals surface area (Å²) in [5.74, 6) is 1.70. The van der Waals surface area contributed by atoms with E-state index in [0.717, 1.165) is 18.1 Å². The maximum absolute atomic E-state index is 11.4. The average molecular weight is 247 g/mol. The highest BCUT2D eigenvalue weighted by atomic mass is 33.1. The molecule has 1 aliphatic rings. The van der Waals surface area contributed by atoms with Gasteiger partial charge in [0.25, 0.3) is 0 Å². The van der Waals surface area contributed by atoms with Gasteiger partial charge in [-0.15, -0.1) is 0 Å². The highest BCUT2D eigenvalue weighted by molar-refractivity contribution is 8.77. The Morgan fingerprint density at radius 3 is 2.80 bits per heavy atom. The van der Waals surface area contributed by atoms with E-state index in [-0.39, 0.29) is 0 Å². The molecule has 1 heterocycles. The maximum Gasteiger partial charge on any atom is 0.146 e. The Morgan fingerprint density at radius 2 is 2.20 bits per heavy atom. The molecule has 88 valence electrons. The number of hydrogen-bond donors (Lipinski definition) is 0. The molecule has 0 aromatic heterocycles. The van der Waals surface area contributed by atoms with Crippen molar-refractivity contribution < 1.29 is 4.79 Å². The first-order valence-corrected chi connectivity index (χ1v) is 8.01. The lowest BCUT2D eigenvalue weighted by Crippen LogP contribution is -2.21. The first kappa shape index (κ1) is 13.4. The zero-order chi connectivity index (χ0) is 11.1. The Kier molecular flexibility index (Phi) is 6.77. The molecule has 0 aromatic carbocycles. The molecule has 0 amide bonds. The normalized spacial score (nSPS) is 21.1. The molecule has 2 nitrogen and oxygen atoms in total. The summed E-state index contributed by atoms with van der Waals surface area (Å²) in [4.78, 5) is 13.3. The van der Waals surface area contributed by atoms with Crippen LogP contribution in [0.25, 0.3) is 0 Å². The number of unbranched alkanes of at least 4 members (excludes halogenated alkanes) is 1. The van der Waals surface area contributed by atoms with Crippen LogP contribution >= 0.6 is 21.6 Å². The maximum atomic E-state index is 11.4. The summed E-state index contributed by atoms with van der Waals surface area (Å²) in [5.41, 5.74) is 0. The van der Waals surface area contributed by atoms with Gasteiger partial charge in [0.2, 0.25) is 0 Å². The van der Waals surface area contributed by atoms with Gasteiger partial charge >= 0.3 is 0 Å². The van der Waals surface area contributed by atoms with Gasteiger partial charge in [-0.05, 0) is 33.4 Å². The molecule has 1 atom stereocenters. The molecule has 4 heteroatoms. The van der Waals surface area contributed by atoms with E-state index in [9.17, 15) is 4.79 Å². The summed E-state index contributed by atoms with van der Waals surface area (Å²) in [7, 11) is 7.93. The Balaban J connectivity index is 1.94. The summed E-state index contributed by atoms with van der Waals surface area (Å²) in [5, 5.41) is 0.860. The minimum atomic E-state index is 0.383. The third-order valence-corrected chi connectivity index (χ3v) is 5.46. The van der Waals surface area contributed by atoms with Gasteiger partial charge in [0.05, 0.1) is 6.54 Å². The summed E-state index contributed by atoms with van der Waals surface area (Å²) < 4.78 is 0. The third kappa shape index (κ3) is 6.48. The van der Waals surface area contributed by atoms with E-state index in [1.165, 1.54) is 25.0 Å². The van der Waals surface area contributed by atoms with Gasteiger partial charge in [0.1, 0.15) is 5.78 Å². The van der Waals surface area contributed by atoms with Crippen molar-refractivity contribution >= 4 is 27.4 Å². The molecule has 0 bridgehead atoms. The third-order valence-electron chi connectivity index (χ3n) is 2.45. The van der Waals surface area contributed by atoms with Crippen molar-refractivity contribution in [3.63, 3.8) is 0 Å². The first-order chi connectivity index (χ1) is 7.18. The van der Waals surface area contributed by atoms with Crippen molar-refractivity contribution in [2.75, 3.05) is 26.4 Å². The quantitative estimate of drug-likeness (QED) is 0.509. The van der Waals surface area contributed by atoms with Crippen LogP contribution in [0.1, 0.15) is 32.1 Å². The predicted octanol–water partition coefficient (Wildman–Crippen LogP) is 2.83. The van der Waals surface area contributed by atoms with Gasteiger partial charge in [-0.25, -0.2) is 0 Å². The van der Waals surface area contributed by atoms with Gasteiger partial charge in [0.15, 0.2) is 0 Å². The van der Waals surface area contributed by atoms with Gasteiger partial charge in [-0.3, -0.25) is 4.79 Å². The Morgan fingerprint density at radius 1 is 1.40 bits per heavy atom. The molecule has 1 saturated heterocycles. The second kappa shape index (κ2) is 7.58. The van der Waals surface area contributed by atoms with E-state index in [1.54, 1.807) is 0 Å². The molecule has 1 aliphatic heterocycles. The van der Waals surface area contributed by atoms with Crippen LogP contribution in [0.15, 0.2) is 0 Å². The summed E-state index contributed by atoms with van der Waals surface area (Å²) in [6, 6.07) is 0. The molecule has 0 N–H and O–H groups in total. The lowest BCUT2D eigenvalue weighted by molar-refractivity contribution is -0.119. The molecule has 0 aliphatic carbocycles. The topological polar surface area (TPSA) is 20.3 Å². The van der Waals surface area contributed by atoms with E-state index in [1.807, 2.05) is 40.6 Å². The van der Waals surface area contributed by atoms with Crippen molar-refractivity contribution in [2.45, 2.75) is 37.4 Å². The molecule has 0 radical (unpaired) electrons. The van der Waals surface area contributed by atoms with Crippen molar-refractivity contribution in [1.29, 1.82) is 0 Å².